The molecule has 82 valence electrons. The lowest BCUT2D eigenvalue weighted by Crippen LogP contribution is -1.98. The molecule has 0 bridgehead atoms. The molecule has 0 amide bonds. The van der Waals surface area contributed by atoms with Crippen LogP contribution >= 0.6 is 0 Å². The van der Waals surface area contributed by atoms with Crippen molar-refractivity contribution in [3.05, 3.63) is 24.5 Å². The quantitative estimate of drug-likeness (QED) is 0.786. The molecule has 0 aliphatic carbocycles. The Morgan fingerprint density at radius 1 is 1.56 bits per heavy atom. The molecule has 2 aromatic rings. The highest BCUT2D eigenvalue weighted by molar-refractivity contribution is 5.51. The summed E-state index contributed by atoms with van der Waals surface area (Å²) in [5.74, 6) is 1.30. The van der Waals surface area contributed by atoms with Crippen molar-refractivity contribution < 1.29 is 8.94 Å². The van der Waals surface area contributed by atoms with Crippen LogP contribution in [0.4, 0.5) is 0 Å². The van der Waals surface area contributed by atoms with Gasteiger partial charge < -0.3 is 8.94 Å². The van der Waals surface area contributed by atoms with Gasteiger partial charge in [0.2, 0.25) is 11.7 Å². The molecule has 2 rings (SSSR count). The predicted molar refractivity (Wildman–Crippen MR) is 55.1 cm³/mol. The van der Waals surface area contributed by atoms with Gasteiger partial charge in [-0.15, -0.1) is 0 Å². The van der Waals surface area contributed by atoms with Crippen LogP contribution in [0.15, 0.2) is 27.5 Å². The number of hydrogen-bond acceptors (Lipinski definition) is 5. The highest BCUT2D eigenvalue weighted by Crippen LogP contribution is 2.17. The Bertz CT molecular complexity index is 482. The number of rotatable bonds is 4. The van der Waals surface area contributed by atoms with Gasteiger partial charge >= 0.3 is 0 Å². The van der Waals surface area contributed by atoms with E-state index in [1.165, 1.54) is 0 Å². The maximum Gasteiger partial charge on any atom is 0.227 e. The minimum atomic E-state index is 0.225. The predicted octanol–water partition coefficient (Wildman–Crippen LogP) is 2.42. The lowest BCUT2D eigenvalue weighted by Gasteiger charge is -2.00. The summed E-state index contributed by atoms with van der Waals surface area (Å²) in [6.07, 6.45) is 4.23. The van der Waals surface area contributed by atoms with Crippen LogP contribution in [0.5, 0.6) is 0 Å². The van der Waals surface area contributed by atoms with E-state index < -0.39 is 0 Å². The van der Waals surface area contributed by atoms with E-state index in [2.05, 4.69) is 16.2 Å². The second-order valence-corrected chi connectivity index (χ2v) is 3.70. The maximum atomic E-state index is 8.54. The Kier molecular flexibility index (Phi) is 3.01. The van der Waals surface area contributed by atoms with Gasteiger partial charge in [-0.1, -0.05) is 12.1 Å². The summed E-state index contributed by atoms with van der Waals surface area (Å²) < 4.78 is 10.0. The standard InChI is InChI=1S/C11H11N3O2/c1-8(2-4-12)6-10-13-11(14-16-10)9-3-5-15-7-9/h3,5,7-8H,2,6H2,1H3. The molecule has 1 unspecified atom stereocenters. The first kappa shape index (κ1) is 10.4. The van der Waals surface area contributed by atoms with E-state index in [1.54, 1.807) is 18.6 Å². The summed E-state index contributed by atoms with van der Waals surface area (Å²) in [4.78, 5) is 4.23. The molecule has 5 heteroatoms. The van der Waals surface area contributed by atoms with Crippen LogP contribution < -0.4 is 0 Å². The van der Waals surface area contributed by atoms with Gasteiger partial charge in [0.15, 0.2) is 0 Å². The zero-order valence-electron chi connectivity index (χ0n) is 8.88. The zero-order valence-corrected chi connectivity index (χ0v) is 8.88. The summed E-state index contributed by atoms with van der Waals surface area (Å²) >= 11 is 0. The average molecular weight is 217 g/mol. The minimum Gasteiger partial charge on any atom is -0.472 e. The largest absolute Gasteiger partial charge is 0.472 e. The van der Waals surface area contributed by atoms with Gasteiger partial charge in [-0.2, -0.15) is 10.2 Å². The van der Waals surface area contributed by atoms with E-state index in [0.29, 0.717) is 24.6 Å². The molecule has 5 nitrogen and oxygen atoms in total. The fourth-order valence-corrected chi connectivity index (χ4v) is 1.37. The van der Waals surface area contributed by atoms with E-state index in [-0.39, 0.29) is 5.92 Å². The van der Waals surface area contributed by atoms with E-state index in [9.17, 15) is 0 Å². The monoisotopic (exact) mass is 217 g/mol. The van der Waals surface area contributed by atoms with Gasteiger partial charge in [0.05, 0.1) is 17.9 Å². The van der Waals surface area contributed by atoms with Crippen molar-refractivity contribution in [2.75, 3.05) is 0 Å². The Morgan fingerprint density at radius 2 is 2.44 bits per heavy atom. The first-order valence-corrected chi connectivity index (χ1v) is 5.01. The van der Waals surface area contributed by atoms with Gasteiger partial charge in [0.1, 0.15) is 6.26 Å². The normalized spacial score (nSPS) is 12.2. The fraction of sp³-hybridized carbons (Fsp3) is 0.364. The van der Waals surface area contributed by atoms with Crippen molar-refractivity contribution in [2.45, 2.75) is 19.8 Å². The van der Waals surface area contributed by atoms with Crippen LogP contribution in [0.1, 0.15) is 19.2 Å². The lowest BCUT2D eigenvalue weighted by atomic mass is 10.1. The highest BCUT2D eigenvalue weighted by Gasteiger charge is 2.12. The lowest BCUT2D eigenvalue weighted by molar-refractivity contribution is 0.359. The molecule has 0 spiro atoms. The number of furan rings is 1. The number of nitriles is 1. The van der Waals surface area contributed by atoms with Crippen LogP contribution in [0.25, 0.3) is 11.4 Å². The van der Waals surface area contributed by atoms with E-state index >= 15 is 0 Å². The molecule has 1 atom stereocenters. The smallest absolute Gasteiger partial charge is 0.227 e. The summed E-state index contributed by atoms with van der Waals surface area (Å²) in [6.45, 7) is 1.98. The van der Waals surface area contributed by atoms with E-state index in [4.69, 9.17) is 14.2 Å². The molecular formula is C11H11N3O2. The minimum absolute atomic E-state index is 0.225. The first-order chi connectivity index (χ1) is 7.79. The van der Waals surface area contributed by atoms with Gasteiger partial charge in [-0.25, -0.2) is 0 Å². The number of aromatic nitrogens is 2. The third-order valence-electron chi connectivity index (χ3n) is 2.21. The van der Waals surface area contributed by atoms with Gasteiger partial charge in [0.25, 0.3) is 0 Å². The molecule has 0 N–H and O–H groups in total. The average Bonchev–Trinajstić information content (AvgIpc) is 2.86. The van der Waals surface area contributed by atoms with Crippen molar-refractivity contribution in [3.8, 4) is 17.5 Å². The fourth-order valence-electron chi connectivity index (χ4n) is 1.37. The topological polar surface area (TPSA) is 75.8 Å². The Labute approximate surface area is 92.7 Å². The van der Waals surface area contributed by atoms with Crippen molar-refractivity contribution in [2.24, 2.45) is 5.92 Å². The summed E-state index contributed by atoms with van der Waals surface area (Å²) in [5, 5.41) is 12.4. The molecule has 2 aromatic heterocycles. The molecule has 2 heterocycles. The SMILES string of the molecule is CC(CC#N)Cc1nc(-c2ccoc2)no1. The second kappa shape index (κ2) is 4.62. The first-order valence-electron chi connectivity index (χ1n) is 5.01. The third-order valence-corrected chi connectivity index (χ3v) is 2.21. The number of hydrogen-bond donors (Lipinski definition) is 0. The molecule has 0 saturated heterocycles. The van der Waals surface area contributed by atoms with Crippen LogP contribution in [-0.2, 0) is 6.42 Å². The zero-order chi connectivity index (χ0) is 11.4. The molecule has 0 aromatic carbocycles. The van der Waals surface area contributed by atoms with Crippen LogP contribution in [0, 0.1) is 17.2 Å². The van der Waals surface area contributed by atoms with Crippen LogP contribution in [0.2, 0.25) is 0 Å². The maximum absolute atomic E-state index is 8.54. The molecule has 16 heavy (non-hydrogen) atoms. The van der Waals surface area contributed by atoms with Gasteiger partial charge in [-0.05, 0) is 12.0 Å². The van der Waals surface area contributed by atoms with Crippen molar-refractivity contribution >= 4 is 0 Å². The molecular weight excluding hydrogens is 206 g/mol. The summed E-state index contributed by atoms with van der Waals surface area (Å²) in [5.41, 5.74) is 0.794. The molecule has 0 radical (unpaired) electrons. The van der Waals surface area contributed by atoms with Crippen molar-refractivity contribution in [1.82, 2.24) is 10.1 Å². The Morgan fingerprint density at radius 3 is 3.12 bits per heavy atom. The molecule has 0 aliphatic rings. The second-order valence-electron chi connectivity index (χ2n) is 3.70. The molecule has 0 fully saturated rings. The van der Waals surface area contributed by atoms with Crippen LogP contribution in [-0.4, -0.2) is 10.1 Å². The summed E-state index contributed by atoms with van der Waals surface area (Å²) in [6, 6.07) is 3.89. The number of nitrogens with zero attached hydrogens (tertiary/aromatic N) is 3. The highest BCUT2D eigenvalue weighted by atomic mass is 16.5. The van der Waals surface area contributed by atoms with E-state index in [0.717, 1.165) is 5.56 Å². The molecule has 0 aliphatic heterocycles. The Hall–Kier alpha value is -2.09. The van der Waals surface area contributed by atoms with Gasteiger partial charge in [-0.3, -0.25) is 0 Å². The molecule has 0 saturated carbocycles. The summed E-state index contributed by atoms with van der Waals surface area (Å²) in [7, 11) is 0. The van der Waals surface area contributed by atoms with Crippen molar-refractivity contribution in [1.29, 1.82) is 5.26 Å². The Balaban J connectivity index is 2.06. The van der Waals surface area contributed by atoms with Crippen LogP contribution in [0.3, 0.4) is 0 Å². The van der Waals surface area contributed by atoms with Gasteiger partial charge in [0, 0.05) is 12.8 Å². The van der Waals surface area contributed by atoms with Crippen molar-refractivity contribution in [3.63, 3.8) is 0 Å². The van der Waals surface area contributed by atoms with E-state index in [1.807, 2.05) is 6.92 Å². The third kappa shape index (κ3) is 2.28.